The summed E-state index contributed by atoms with van der Waals surface area (Å²) in [6, 6.07) is 12.9. The van der Waals surface area contributed by atoms with Crippen LogP contribution in [0.3, 0.4) is 0 Å². The lowest BCUT2D eigenvalue weighted by Crippen LogP contribution is -2.28. The first-order valence-electron chi connectivity index (χ1n) is 6.26. The largest absolute Gasteiger partial charge is 0.272 e. The lowest BCUT2D eigenvalue weighted by atomic mass is 10.1. The molecule has 0 saturated heterocycles. The Morgan fingerprint density at radius 1 is 1.24 bits per heavy atom. The van der Waals surface area contributed by atoms with Gasteiger partial charge in [0.2, 0.25) is 0 Å². The van der Waals surface area contributed by atoms with Gasteiger partial charge < -0.3 is 0 Å². The first-order valence-corrected chi connectivity index (χ1v) is 9.85. The fourth-order valence-corrected chi connectivity index (χ4v) is 4.50. The summed E-state index contributed by atoms with van der Waals surface area (Å²) in [6.45, 7) is 1.94. The second-order valence-corrected chi connectivity index (χ2v) is 7.91. The van der Waals surface area contributed by atoms with E-state index in [9.17, 15) is 8.42 Å². The van der Waals surface area contributed by atoms with Crippen LogP contribution in [-0.4, -0.2) is 19.8 Å². The van der Waals surface area contributed by atoms with Crippen molar-refractivity contribution in [2.75, 3.05) is 6.26 Å². The van der Waals surface area contributed by atoms with Crippen molar-refractivity contribution in [3.8, 4) is 0 Å². The first-order chi connectivity index (χ1) is 10.0. The molecular formula is C14H16N2O2S3. The summed E-state index contributed by atoms with van der Waals surface area (Å²) < 4.78 is 27.2. The van der Waals surface area contributed by atoms with E-state index in [1.54, 1.807) is 23.8 Å². The monoisotopic (exact) mass is 340 g/mol. The molecule has 0 fully saturated rings. The van der Waals surface area contributed by atoms with Crippen LogP contribution in [0.1, 0.15) is 18.5 Å². The van der Waals surface area contributed by atoms with E-state index in [-0.39, 0.29) is 10.3 Å². The molecule has 21 heavy (non-hydrogen) atoms. The fraction of sp³-hybridized carbons (Fsp3) is 0.214. The standard InChI is InChI=1S/C14H16N2O2S3/c1-11(12-7-4-3-5-8-12)15-14(19-2)16-21(17,18)13-9-6-10-20-13/h3-11H,1-2H3,(H,15,16). The van der Waals surface area contributed by atoms with E-state index in [4.69, 9.17) is 0 Å². The summed E-state index contributed by atoms with van der Waals surface area (Å²) in [5.74, 6) is 0. The molecule has 0 bridgehead atoms. The van der Waals surface area contributed by atoms with Gasteiger partial charge in [-0.05, 0) is 30.2 Å². The molecular weight excluding hydrogens is 324 g/mol. The van der Waals surface area contributed by atoms with Gasteiger partial charge in [0.25, 0.3) is 10.0 Å². The molecule has 4 nitrogen and oxygen atoms in total. The smallest absolute Gasteiger partial charge is 0.257 e. The van der Waals surface area contributed by atoms with Crippen molar-refractivity contribution in [2.24, 2.45) is 4.99 Å². The van der Waals surface area contributed by atoms with Gasteiger partial charge in [-0.1, -0.05) is 48.2 Å². The van der Waals surface area contributed by atoms with E-state index in [1.807, 2.05) is 37.3 Å². The van der Waals surface area contributed by atoms with Crippen LogP contribution < -0.4 is 4.72 Å². The highest BCUT2D eigenvalue weighted by molar-refractivity contribution is 8.14. The number of thioether (sulfide) groups is 1. The number of thiophene rings is 1. The van der Waals surface area contributed by atoms with E-state index in [0.29, 0.717) is 5.17 Å². The first kappa shape index (κ1) is 16.1. The molecule has 0 aliphatic carbocycles. The van der Waals surface area contributed by atoms with Crippen LogP contribution in [0, 0.1) is 0 Å². The van der Waals surface area contributed by atoms with E-state index in [1.165, 1.54) is 23.1 Å². The molecule has 1 atom stereocenters. The summed E-state index contributed by atoms with van der Waals surface area (Å²) >= 11 is 2.46. The third-order valence-corrected chi connectivity index (χ3v) is 6.23. The van der Waals surface area contributed by atoms with Gasteiger partial charge in [0.1, 0.15) is 4.21 Å². The quantitative estimate of drug-likeness (QED) is 0.684. The summed E-state index contributed by atoms with van der Waals surface area (Å²) in [4.78, 5) is 4.45. The Labute approximate surface area is 133 Å². The molecule has 1 aromatic carbocycles. The zero-order chi connectivity index (χ0) is 15.3. The number of hydrogen-bond acceptors (Lipinski definition) is 5. The molecule has 7 heteroatoms. The van der Waals surface area contributed by atoms with Crippen molar-refractivity contribution < 1.29 is 8.42 Å². The van der Waals surface area contributed by atoms with Gasteiger partial charge in [0.05, 0.1) is 6.04 Å². The minimum Gasteiger partial charge on any atom is -0.257 e. The van der Waals surface area contributed by atoms with Gasteiger partial charge >= 0.3 is 0 Å². The molecule has 2 rings (SSSR count). The van der Waals surface area contributed by atoms with Gasteiger partial charge in [-0.2, -0.15) is 0 Å². The normalized spacial score (nSPS) is 13.9. The van der Waals surface area contributed by atoms with Gasteiger partial charge in [0, 0.05) is 0 Å². The van der Waals surface area contributed by atoms with Crippen LogP contribution in [-0.2, 0) is 10.0 Å². The van der Waals surface area contributed by atoms with Gasteiger partial charge in [-0.25, -0.2) is 8.42 Å². The second-order valence-electron chi connectivity index (χ2n) is 4.26. The van der Waals surface area contributed by atoms with E-state index >= 15 is 0 Å². The Morgan fingerprint density at radius 3 is 2.52 bits per heavy atom. The molecule has 0 saturated carbocycles. The molecule has 0 amide bonds. The van der Waals surface area contributed by atoms with Crippen LogP contribution in [0.4, 0.5) is 0 Å². The predicted octanol–water partition coefficient (Wildman–Crippen LogP) is 3.51. The van der Waals surface area contributed by atoms with Crippen molar-refractivity contribution in [3.63, 3.8) is 0 Å². The summed E-state index contributed by atoms with van der Waals surface area (Å²) in [5, 5.41) is 2.12. The number of benzene rings is 1. The van der Waals surface area contributed by atoms with Crippen LogP contribution in [0.2, 0.25) is 0 Å². The van der Waals surface area contributed by atoms with Crippen LogP contribution in [0.15, 0.2) is 57.0 Å². The molecule has 0 spiro atoms. The highest BCUT2D eigenvalue weighted by Gasteiger charge is 2.17. The van der Waals surface area contributed by atoms with Crippen LogP contribution in [0.5, 0.6) is 0 Å². The van der Waals surface area contributed by atoms with Crippen LogP contribution >= 0.6 is 23.1 Å². The van der Waals surface area contributed by atoms with Crippen molar-refractivity contribution >= 4 is 38.3 Å². The number of sulfonamides is 1. The number of rotatable bonds is 4. The zero-order valence-corrected chi connectivity index (χ0v) is 14.1. The Kier molecular flexibility index (Phi) is 5.44. The third-order valence-electron chi connectivity index (χ3n) is 2.77. The Morgan fingerprint density at radius 2 is 1.95 bits per heavy atom. The minimum atomic E-state index is -3.54. The maximum Gasteiger partial charge on any atom is 0.272 e. The Balaban J connectivity index is 2.18. The number of amidine groups is 1. The third kappa shape index (κ3) is 4.33. The van der Waals surface area contributed by atoms with E-state index in [2.05, 4.69) is 9.71 Å². The zero-order valence-electron chi connectivity index (χ0n) is 11.7. The van der Waals surface area contributed by atoms with E-state index in [0.717, 1.165) is 5.56 Å². The average molecular weight is 340 g/mol. The number of nitrogens with one attached hydrogen (secondary N) is 1. The van der Waals surface area contributed by atoms with Crippen LogP contribution in [0.25, 0.3) is 0 Å². The molecule has 1 unspecified atom stereocenters. The number of aliphatic imine (C=N–C) groups is 1. The molecule has 2 aromatic rings. The van der Waals surface area contributed by atoms with Gasteiger partial charge in [0.15, 0.2) is 5.17 Å². The van der Waals surface area contributed by atoms with Gasteiger partial charge in [-0.15, -0.1) is 11.3 Å². The minimum absolute atomic E-state index is 0.111. The molecule has 1 aromatic heterocycles. The Bertz CT molecular complexity index is 695. The summed E-state index contributed by atoms with van der Waals surface area (Å²) in [5.41, 5.74) is 1.04. The maximum atomic E-state index is 12.2. The fourth-order valence-electron chi connectivity index (χ4n) is 1.68. The molecule has 0 aliphatic rings. The van der Waals surface area contributed by atoms with Crippen molar-refractivity contribution in [1.82, 2.24) is 4.72 Å². The van der Waals surface area contributed by atoms with E-state index < -0.39 is 10.0 Å². The molecule has 0 radical (unpaired) electrons. The lowest BCUT2D eigenvalue weighted by Gasteiger charge is -2.11. The summed E-state index contributed by atoms with van der Waals surface area (Å²) in [6.07, 6.45) is 1.80. The molecule has 1 N–H and O–H groups in total. The summed E-state index contributed by atoms with van der Waals surface area (Å²) in [7, 11) is -3.54. The highest BCUT2D eigenvalue weighted by atomic mass is 32.2. The maximum absolute atomic E-state index is 12.2. The number of hydrogen-bond donors (Lipinski definition) is 1. The topological polar surface area (TPSA) is 58.5 Å². The predicted molar refractivity (Wildman–Crippen MR) is 90.4 cm³/mol. The SMILES string of the molecule is CSC(=NC(C)c1ccccc1)NS(=O)(=O)c1cccs1. The Hall–Kier alpha value is -1.31. The molecule has 1 heterocycles. The number of nitrogens with zero attached hydrogens (tertiary/aromatic N) is 1. The van der Waals surface area contributed by atoms with Crippen molar-refractivity contribution in [1.29, 1.82) is 0 Å². The lowest BCUT2D eigenvalue weighted by molar-refractivity contribution is 0.594. The highest BCUT2D eigenvalue weighted by Crippen LogP contribution is 2.19. The van der Waals surface area contributed by atoms with Gasteiger partial charge in [-0.3, -0.25) is 9.71 Å². The van der Waals surface area contributed by atoms with Crippen molar-refractivity contribution in [3.05, 3.63) is 53.4 Å². The molecule has 0 aliphatic heterocycles. The molecule has 112 valence electrons. The average Bonchev–Trinajstić information content (AvgIpc) is 3.02. The van der Waals surface area contributed by atoms with Crippen molar-refractivity contribution in [2.45, 2.75) is 17.2 Å². The second kappa shape index (κ2) is 7.11.